The van der Waals surface area contributed by atoms with Crippen LogP contribution in [0.3, 0.4) is 0 Å². The molecular formula is C9H17NO3. The highest BCUT2D eigenvalue weighted by Gasteiger charge is 2.33. The zero-order valence-electron chi connectivity index (χ0n) is 8.10. The Hall–Kier alpha value is -0.770. The Labute approximate surface area is 78.2 Å². The molecule has 0 saturated carbocycles. The highest BCUT2D eigenvalue weighted by molar-refractivity contribution is 5.65. The van der Waals surface area contributed by atoms with E-state index in [0.717, 1.165) is 6.42 Å². The number of rotatable bonds is 1. The van der Waals surface area contributed by atoms with E-state index in [2.05, 4.69) is 0 Å². The third-order valence-corrected chi connectivity index (χ3v) is 2.86. The predicted molar refractivity (Wildman–Crippen MR) is 48.6 cm³/mol. The van der Waals surface area contributed by atoms with Gasteiger partial charge in [0.05, 0.1) is 6.10 Å². The minimum atomic E-state index is -0.877. The van der Waals surface area contributed by atoms with Gasteiger partial charge in [-0.2, -0.15) is 0 Å². The number of hydrogen-bond donors (Lipinski definition) is 2. The molecule has 0 aromatic rings. The average Bonchev–Trinajstić information content (AvgIpc) is 2.03. The minimum absolute atomic E-state index is 0.0599. The van der Waals surface area contributed by atoms with E-state index in [0.29, 0.717) is 13.0 Å². The average molecular weight is 187 g/mol. The van der Waals surface area contributed by atoms with Crippen LogP contribution in [-0.4, -0.2) is 39.9 Å². The van der Waals surface area contributed by atoms with Crippen molar-refractivity contribution in [2.45, 2.75) is 38.8 Å². The second-order valence-electron chi connectivity index (χ2n) is 3.76. The first-order valence-corrected chi connectivity index (χ1v) is 4.73. The van der Waals surface area contributed by atoms with Crippen molar-refractivity contribution >= 4 is 6.09 Å². The molecule has 4 heteroatoms. The van der Waals surface area contributed by atoms with E-state index in [1.54, 1.807) is 0 Å². The van der Waals surface area contributed by atoms with Crippen molar-refractivity contribution in [1.29, 1.82) is 0 Å². The summed E-state index contributed by atoms with van der Waals surface area (Å²) >= 11 is 0. The molecule has 3 atom stereocenters. The Kier molecular flexibility index (Phi) is 3.14. The molecule has 1 aliphatic rings. The molecule has 0 radical (unpaired) electrons. The quantitative estimate of drug-likeness (QED) is 0.647. The van der Waals surface area contributed by atoms with Crippen molar-refractivity contribution in [3.8, 4) is 0 Å². The first-order chi connectivity index (χ1) is 6.06. The maximum atomic E-state index is 10.8. The fourth-order valence-electron chi connectivity index (χ4n) is 1.89. The van der Waals surface area contributed by atoms with Gasteiger partial charge in [0.25, 0.3) is 0 Å². The molecule has 76 valence electrons. The summed E-state index contributed by atoms with van der Waals surface area (Å²) in [6, 6.07) is -0.0599. The smallest absolute Gasteiger partial charge is 0.407 e. The van der Waals surface area contributed by atoms with Crippen molar-refractivity contribution in [3.05, 3.63) is 0 Å². The lowest BCUT2D eigenvalue weighted by Crippen LogP contribution is -2.50. The first kappa shape index (κ1) is 10.3. The fraction of sp³-hybridized carbons (Fsp3) is 0.889. The van der Waals surface area contributed by atoms with Crippen LogP contribution in [-0.2, 0) is 0 Å². The number of aliphatic hydroxyl groups is 1. The standard InChI is InChI=1S/C9H17NO3/c1-3-7-5-10(9(12)13)6(2)4-8(7)11/h6-8,11H,3-5H2,1-2H3,(H,12,13)/t6-,7-,8+/m1/s1. The number of likely N-dealkylation sites (tertiary alicyclic amines) is 1. The van der Waals surface area contributed by atoms with Crippen molar-refractivity contribution < 1.29 is 15.0 Å². The zero-order valence-corrected chi connectivity index (χ0v) is 8.10. The summed E-state index contributed by atoms with van der Waals surface area (Å²) in [6.07, 6.45) is 0.177. The topological polar surface area (TPSA) is 60.8 Å². The van der Waals surface area contributed by atoms with E-state index >= 15 is 0 Å². The summed E-state index contributed by atoms with van der Waals surface area (Å²) in [5.41, 5.74) is 0. The molecule has 0 spiro atoms. The van der Waals surface area contributed by atoms with E-state index in [4.69, 9.17) is 5.11 Å². The number of aliphatic hydroxyl groups excluding tert-OH is 1. The van der Waals surface area contributed by atoms with Gasteiger partial charge in [-0.15, -0.1) is 0 Å². The normalized spacial score (nSPS) is 34.7. The van der Waals surface area contributed by atoms with E-state index in [1.807, 2.05) is 13.8 Å². The van der Waals surface area contributed by atoms with Gasteiger partial charge in [0.2, 0.25) is 0 Å². The molecule has 1 rings (SSSR count). The van der Waals surface area contributed by atoms with Crippen LogP contribution in [0.4, 0.5) is 4.79 Å². The number of nitrogens with zero attached hydrogens (tertiary/aromatic N) is 1. The largest absolute Gasteiger partial charge is 0.465 e. The van der Waals surface area contributed by atoms with Crippen molar-refractivity contribution in [1.82, 2.24) is 4.90 Å². The van der Waals surface area contributed by atoms with Gasteiger partial charge >= 0.3 is 6.09 Å². The van der Waals surface area contributed by atoms with Crippen molar-refractivity contribution in [2.24, 2.45) is 5.92 Å². The summed E-state index contributed by atoms with van der Waals surface area (Å²) in [5.74, 6) is 0.104. The first-order valence-electron chi connectivity index (χ1n) is 4.73. The van der Waals surface area contributed by atoms with Gasteiger partial charge in [-0.25, -0.2) is 4.79 Å². The molecule has 1 fully saturated rings. The van der Waals surface area contributed by atoms with Crippen LogP contribution in [0.1, 0.15) is 26.7 Å². The highest BCUT2D eigenvalue weighted by atomic mass is 16.4. The van der Waals surface area contributed by atoms with Gasteiger partial charge < -0.3 is 15.1 Å². The Morgan fingerprint density at radius 1 is 1.62 bits per heavy atom. The molecule has 1 amide bonds. The summed E-state index contributed by atoms with van der Waals surface area (Å²) in [6.45, 7) is 4.28. The van der Waals surface area contributed by atoms with Gasteiger partial charge in [-0.05, 0) is 19.8 Å². The molecule has 1 heterocycles. The molecule has 0 aliphatic carbocycles. The third-order valence-electron chi connectivity index (χ3n) is 2.86. The lowest BCUT2D eigenvalue weighted by molar-refractivity contribution is 0.00345. The Balaban J connectivity index is 2.63. The monoisotopic (exact) mass is 187 g/mol. The van der Waals surface area contributed by atoms with Gasteiger partial charge in [0.15, 0.2) is 0 Å². The number of carbonyl (C=O) groups is 1. The molecule has 0 aromatic carbocycles. The Morgan fingerprint density at radius 3 is 2.69 bits per heavy atom. The van der Waals surface area contributed by atoms with Crippen LogP contribution in [0.25, 0.3) is 0 Å². The molecular weight excluding hydrogens is 170 g/mol. The van der Waals surface area contributed by atoms with Crippen LogP contribution >= 0.6 is 0 Å². The number of piperidine rings is 1. The van der Waals surface area contributed by atoms with Crippen LogP contribution in [0, 0.1) is 5.92 Å². The summed E-state index contributed by atoms with van der Waals surface area (Å²) in [4.78, 5) is 12.2. The molecule has 4 nitrogen and oxygen atoms in total. The van der Waals surface area contributed by atoms with Crippen LogP contribution in [0.15, 0.2) is 0 Å². The van der Waals surface area contributed by atoms with Crippen molar-refractivity contribution in [3.63, 3.8) is 0 Å². The Morgan fingerprint density at radius 2 is 2.23 bits per heavy atom. The lowest BCUT2D eigenvalue weighted by atomic mass is 9.89. The van der Waals surface area contributed by atoms with E-state index in [9.17, 15) is 9.90 Å². The molecule has 0 aromatic heterocycles. The minimum Gasteiger partial charge on any atom is -0.465 e. The number of amides is 1. The van der Waals surface area contributed by atoms with Crippen LogP contribution < -0.4 is 0 Å². The second-order valence-corrected chi connectivity index (χ2v) is 3.76. The van der Waals surface area contributed by atoms with Crippen LogP contribution in [0.2, 0.25) is 0 Å². The fourth-order valence-corrected chi connectivity index (χ4v) is 1.89. The summed E-state index contributed by atoms with van der Waals surface area (Å²) in [7, 11) is 0. The maximum absolute atomic E-state index is 10.8. The van der Waals surface area contributed by atoms with Gasteiger partial charge in [0, 0.05) is 18.5 Å². The summed E-state index contributed by atoms with van der Waals surface area (Å²) in [5, 5.41) is 18.5. The number of hydrogen-bond acceptors (Lipinski definition) is 2. The lowest BCUT2D eigenvalue weighted by Gasteiger charge is -2.38. The van der Waals surface area contributed by atoms with E-state index in [1.165, 1.54) is 4.90 Å². The molecule has 2 N–H and O–H groups in total. The van der Waals surface area contributed by atoms with Crippen LogP contribution in [0.5, 0.6) is 0 Å². The second kappa shape index (κ2) is 3.96. The SMILES string of the molecule is CC[C@@H]1CN(C(=O)O)[C@H](C)C[C@@H]1O. The van der Waals surface area contributed by atoms with E-state index in [-0.39, 0.29) is 18.1 Å². The van der Waals surface area contributed by atoms with Gasteiger partial charge in [-0.1, -0.05) is 6.92 Å². The highest BCUT2D eigenvalue weighted by Crippen LogP contribution is 2.24. The predicted octanol–water partition coefficient (Wildman–Crippen LogP) is 1.15. The maximum Gasteiger partial charge on any atom is 0.407 e. The van der Waals surface area contributed by atoms with Gasteiger partial charge in [0.1, 0.15) is 0 Å². The molecule has 0 bridgehead atoms. The third kappa shape index (κ3) is 2.12. The zero-order chi connectivity index (χ0) is 10.0. The van der Waals surface area contributed by atoms with Crippen molar-refractivity contribution in [2.75, 3.05) is 6.54 Å². The van der Waals surface area contributed by atoms with Gasteiger partial charge in [-0.3, -0.25) is 0 Å². The Bertz CT molecular complexity index is 195. The molecule has 1 aliphatic heterocycles. The van der Waals surface area contributed by atoms with E-state index < -0.39 is 6.09 Å². The molecule has 1 saturated heterocycles. The molecule has 13 heavy (non-hydrogen) atoms. The summed E-state index contributed by atoms with van der Waals surface area (Å²) < 4.78 is 0. The molecule has 0 unspecified atom stereocenters. The number of carboxylic acid groups (broad SMARTS) is 1.